The highest BCUT2D eigenvalue weighted by atomic mass is 32.1. The molecule has 18 heavy (non-hydrogen) atoms. The van der Waals surface area contributed by atoms with Crippen molar-refractivity contribution in [3.63, 3.8) is 0 Å². The van der Waals surface area contributed by atoms with Crippen molar-refractivity contribution in [2.45, 2.75) is 18.9 Å². The third-order valence-electron chi connectivity index (χ3n) is 2.61. The molecule has 1 aliphatic heterocycles. The number of aliphatic hydroxyl groups is 1. The maximum absolute atomic E-state index is 11.2. The third-order valence-corrected chi connectivity index (χ3v) is 3.03. The van der Waals surface area contributed by atoms with Gasteiger partial charge in [0.2, 0.25) is 5.91 Å². The number of fused-ring (bicyclic) bond motifs is 1. The minimum Gasteiger partial charge on any atom is -0.491 e. The molecule has 2 rings (SSSR count). The van der Waals surface area contributed by atoms with Crippen LogP contribution >= 0.6 is 0 Å². The summed E-state index contributed by atoms with van der Waals surface area (Å²) in [7, 11) is 0. The van der Waals surface area contributed by atoms with Gasteiger partial charge in [-0.15, -0.1) is 0 Å². The summed E-state index contributed by atoms with van der Waals surface area (Å²) in [4.78, 5) is 11.2. The summed E-state index contributed by atoms with van der Waals surface area (Å²) in [5, 5.41) is 13.3. The average molecular weight is 267 g/mol. The van der Waals surface area contributed by atoms with Crippen molar-refractivity contribution in [2.75, 3.05) is 11.9 Å². The first kappa shape index (κ1) is 12.8. The second kappa shape index (κ2) is 5.79. The molecule has 0 bridgehead atoms. The third kappa shape index (κ3) is 3.18. The Hall–Kier alpha value is -1.66. The number of aliphatic hydroxyl groups excluding tert-OH is 1. The van der Waals surface area contributed by atoms with Crippen LogP contribution in [0.5, 0.6) is 5.75 Å². The fourth-order valence-electron chi connectivity index (χ4n) is 1.73. The Morgan fingerprint density at radius 1 is 1.50 bits per heavy atom. The zero-order valence-electron chi connectivity index (χ0n) is 9.59. The van der Waals surface area contributed by atoms with Gasteiger partial charge in [-0.2, -0.15) is 0 Å². The van der Waals surface area contributed by atoms with Crippen molar-refractivity contribution >= 4 is 28.2 Å². The smallest absolute Gasteiger partial charge is 0.224 e. The van der Waals surface area contributed by atoms with Gasteiger partial charge >= 0.3 is 0 Å². The number of hydrogen-bond donors (Lipinski definition) is 2. The van der Waals surface area contributed by atoms with Crippen molar-refractivity contribution in [3.8, 4) is 5.75 Å². The van der Waals surface area contributed by atoms with Crippen LogP contribution in [-0.4, -0.2) is 33.3 Å². The van der Waals surface area contributed by atoms with Crippen LogP contribution in [0.4, 0.5) is 5.69 Å². The number of rotatable bonds is 4. The van der Waals surface area contributed by atoms with Gasteiger partial charge in [0.25, 0.3) is 0 Å². The topological polar surface area (TPSA) is 75.6 Å². The molecular weight excluding hydrogens is 254 g/mol. The van der Waals surface area contributed by atoms with Gasteiger partial charge in [0.1, 0.15) is 18.5 Å². The molecule has 1 aliphatic rings. The van der Waals surface area contributed by atoms with Gasteiger partial charge in [0.05, 0.1) is 11.3 Å². The molecule has 1 aromatic rings. The molecule has 96 valence electrons. The monoisotopic (exact) mass is 267 g/mol. The van der Waals surface area contributed by atoms with Crippen molar-refractivity contribution in [1.82, 2.24) is 0 Å². The Bertz CT molecular complexity index is 511. The molecule has 0 saturated heterocycles. The molecule has 0 aromatic heterocycles. The summed E-state index contributed by atoms with van der Waals surface area (Å²) in [6.45, 7) is 0.0420. The molecule has 5 nitrogen and oxygen atoms in total. The molecule has 1 atom stereocenters. The molecule has 0 fully saturated rings. The lowest BCUT2D eigenvalue weighted by atomic mass is 10.0. The van der Waals surface area contributed by atoms with E-state index in [0.717, 1.165) is 11.3 Å². The van der Waals surface area contributed by atoms with Crippen LogP contribution < -0.4 is 10.1 Å². The highest BCUT2D eigenvalue weighted by Crippen LogP contribution is 2.26. The fraction of sp³-hybridized carbons (Fsp3) is 0.333. The highest BCUT2D eigenvalue weighted by Gasteiger charge is 2.15. The van der Waals surface area contributed by atoms with Gasteiger partial charge < -0.3 is 15.2 Å². The van der Waals surface area contributed by atoms with E-state index in [1.54, 1.807) is 12.1 Å². The van der Waals surface area contributed by atoms with Gasteiger partial charge in [0, 0.05) is 17.5 Å². The van der Waals surface area contributed by atoms with Crippen LogP contribution in [0.1, 0.15) is 12.0 Å². The van der Waals surface area contributed by atoms with Crippen LogP contribution in [-0.2, 0) is 22.5 Å². The summed E-state index contributed by atoms with van der Waals surface area (Å²) in [6.07, 6.45) is 0.270. The van der Waals surface area contributed by atoms with Crippen molar-refractivity contribution < 1.29 is 18.8 Å². The lowest BCUT2D eigenvalue weighted by Gasteiger charge is -2.18. The number of nitrogens with one attached hydrogen (secondary N) is 1. The van der Waals surface area contributed by atoms with Crippen LogP contribution in [0.15, 0.2) is 18.2 Å². The number of anilines is 1. The van der Waals surface area contributed by atoms with Crippen LogP contribution in [0.25, 0.3) is 0 Å². The normalized spacial score (nSPS) is 15.3. The number of benzene rings is 1. The lowest BCUT2D eigenvalue weighted by molar-refractivity contribution is -0.116. The molecule has 1 heterocycles. The Morgan fingerprint density at radius 3 is 3.11 bits per heavy atom. The average Bonchev–Trinajstić information content (AvgIpc) is 2.36. The number of hydrogen-bond acceptors (Lipinski definition) is 4. The Balaban J connectivity index is 2.03. The van der Waals surface area contributed by atoms with E-state index in [-0.39, 0.29) is 23.8 Å². The van der Waals surface area contributed by atoms with E-state index in [4.69, 9.17) is 4.74 Å². The summed E-state index contributed by atoms with van der Waals surface area (Å²) < 4.78 is 15.5. The van der Waals surface area contributed by atoms with Gasteiger partial charge in [-0.1, -0.05) is 0 Å². The second-order valence-corrected chi connectivity index (χ2v) is 4.44. The Kier molecular flexibility index (Phi) is 4.11. The number of aryl methyl sites for hydroxylation is 1. The van der Waals surface area contributed by atoms with Crippen molar-refractivity contribution in [1.29, 1.82) is 0 Å². The van der Waals surface area contributed by atoms with E-state index in [9.17, 15) is 14.1 Å². The lowest BCUT2D eigenvalue weighted by Crippen LogP contribution is -2.20. The maximum atomic E-state index is 11.2. The molecule has 1 unspecified atom stereocenters. The van der Waals surface area contributed by atoms with Crippen molar-refractivity contribution in [2.24, 2.45) is 0 Å². The number of carbonyl (C=O) groups excluding carboxylic acids is 1. The van der Waals surface area contributed by atoms with Gasteiger partial charge in [-0.25, -0.2) is 4.21 Å². The SMILES string of the molecule is O=S=CC(O)COc1ccc2c(c1)CCC(=O)N2. The minimum atomic E-state index is -0.886. The predicted octanol–water partition coefficient (Wildman–Crippen LogP) is 0.326. The van der Waals surface area contributed by atoms with Crippen molar-refractivity contribution in [3.05, 3.63) is 23.8 Å². The number of ether oxygens (including phenoxy) is 1. The van der Waals surface area contributed by atoms with Crippen LogP contribution in [0.2, 0.25) is 0 Å². The molecular formula is C12H13NO4S. The summed E-state index contributed by atoms with van der Waals surface area (Å²) in [6, 6.07) is 5.34. The van der Waals surface area contributed by atoms with E-state index >= 15 is 0 Å². The van der Waals surface area contributed by atoms with Gasteiger partial charge in [-0.3, -0.25) is 4.79 Å². The summed E-state index contributed by atoms with van der Waals surface area (Å²) in [5.41, 5.74) is 1.82. The van der Waals surface area contributed by atoms with Crippen LogP contribution in [0.3, 0.4) is 0 Å². The zero-order chi connectivity index (χ0) is 13.0. The van der Waals surface area contributed by atoms with E-state index in [2.05, 4.69) is 5.32 Å². The summed E-state index contributed by atoms with van der Waals surface area (Å²) in [5.74, 6) is 0.641. The largest absolute Gasteiger partial charge is 0.491 e. The molecule has 1 amide bonds. The minimum absolute atomic E-state index is 0.0219. The fourth-order valence-corrected chi connectivity index (χ4v) is 1.94. The predicted molar refractivity (Wildman–Crippen MR) is 69.1 cm³/mol. The quantitative estimate of drug-likeness (QED) is 0.771. The molecule has 0 aliphatic carbocycles. The first-order valence-electron chi connectivity index (χ1n) is 5.54. The summed E-state index contributed by atoms with van der Waals surface area (Å²) >= 11 is 0.215. The first-order valence-corrected chi connectivity index (χ1v) is 6.35. The van der Waals surface area contributed by atoms with Crippen LogP contribution in [0, 0.1) is 0 Å². The van der Waals surface area contributed by atoms with E-state index in [1.807, 2.05) is 6.07 Å². The molecule has 0 radical (unpaired) electrons. The Labute approximate surface area is 108 Å². The molecule has 6 heteroatoms. The van der Waals surface area contributed by atoms with E-state index in [1.165, 1.54) is 5.37 Å². The molecule has 0 saturated carbocycles. The van der Waals surface area contributed by atoms with Gasteiger partial charge in [0.15, 0.2) is 0 Å². The van der Waals surface area contributed by atoms with E-state index < -0.39 is 6.10 Å². The van der Waals surface area contributed by atoms with E-state index in [0.29, 0.717) is 18.6 Å². The highest BCUT2D eigenvalue weighted by molar-refractivity contribution is 7.64. The number of amides is 1. The number of carbonyl (C=O) groups is 1. The maximum Gasteiger partial charge on any atom is 0.224 e. The van der Waals surface area contributed by atoms with Gasteiger partial charge in [-0.05, 0) is 30.2 Å². The Morgan fingerprint density at radius 2 is 2.33 bits per heavy atom. The first-order chi connectivity index (χ1) is 8.69. The molecule has 1 aromatic carbocycles. The molecule has 2 N–H and O–H groups in total. The molecule has 0 spiro atoms. The second-order valence-electron chi connectivity index (χ2n) is 3.98. The zero-order valence-corrected chi connectivity index (χ0v) is 10.4. The standard InChI is InChI=1S/C12H13NO4S/c14-9(7-18-16)6-17-10-2-3-11-8(5-10)1-4-12(15)13-11/h2-3,5,7,9,14H,1,4,6H2,(H,13,15).